The van der Waals surface area contributed by atoms with Crippen molar-refractivity contribution >= 4 is 29.6 Å². The highest BCUT2D eigenvalue weighted by atomic mass is 16.4. The van der Waals surface area contributed by atoms with Gasteiger partial charge < -0.3 is 38.3 Å². The van der Waals surface area contributed by atoms with Gasteiger partial charge in [0.2, 0.25) is 23.6 Å². The van der Waals surface area contributed by atoms with Crippen molar-refractivity contribution in [1.29, 1.82) is 0 Å². The summed E-state index contributed by atoms with van der Waals surface area (Å²) in [5.41, 5.74) is 17.2. The third-order valence-electron chi connectivity index (χ3n) is 4.68. The van der Waals surface area contributed by atoms with Crippen molar-refractivity contribution in [2.75, 3.05) is 13.1 Å². The van der Waals surface area contributed by atoms with Gasteiger partial charge in [-0.3, -0.25) is 19.2 Å². The second kappa shape index (κ2) is 14.5. The van der Waals surface area contributed by atoms with E-state index in [9.17, 15) is 29.1 Å². The lowest BCUT2D eigenvalue weighted by Gasteiger charge is -2.20. The van der Waals surface area contributed by atoms with Crippen LogP contribution in [0.5, 0.6) is 0 Å². The summed E-state index contributed by atoms with van der Waals surface area (Å²) in [4.78, 5) is 59.5. The average molecular weight is 465 g/mol. The molecule has 0 aliphatic carbocycles. The molecule has 0 heterocycles. The number of carbonyl (C=O) groups is 5. The highest BCUT2D eigenvalue weighted by molar-refractivity contribution is 5.95. The third kappa shape index (κ3) is 11.1. The summed E-state index contributed by atoms with van der Waals surface area (Å²) in [5.74, 6) is -4.30. The normalized spacial score (nSPS) is 13.3. The molecule has 33 heavy (non-hydrogen) atoms. The SMILES string of the molecule is NCCCCC(NC(=O)CNC(=O)C(CC(N)=O)NC(=O)C(N)Cc1ccccc1)C(=O)O. The number of nitrogens with two attached hydrogens (primary N) is 3. The lowest BCUT2D eigenvalue weighted by Crippen LogP contribution is -2.54. The van der Waals surface area contributed by atoms with E-state index in [1.54, 1.807) is 24.3 Å². The number of carbonyl (C=O) groups excluding carboxylic acids is 4. The standard InChI is InChI=1S/C21H32N6O6/c22-9-5-4-8-15(21(32)33)26-18(29)12-25-20(31)16(11-17(24)28)27-19(30)14(23)10-13-6-2-1-3-7-13/h1-3,6-7,14-16H,4-5,8-12,22-23H2,(H2,24,28)(H,25,31)(H,26,29)(H,27,30)(H,32,33). The van der Waals surface area contributed by atoms with Crippen LogP contribution in [0.25, 0.3) is 0 Å². The van der Waals surface area contributed by atoms with E-state index >= 15 is 0 Å². The lowest BCUT2D eigenvalue weighted by atomic mass is 10.1. The number of benzene rings is 1. The highest BCUT2D eigenvalue weighted by Gasteiger charge is 2.26. The molecule has 12 heteroatoms. The van der Waals surface area contributed by atoms with Gasteiger partial charge in [0, 0.05) is 0 Å². The monoisotopic (exact) mass is 464 g/mol. The second-order valence-corrected chi connectivity index (χ2v) is 7.49. The summed E-state index contributed by atoms with van der Waals surface area (Å²) in [6, 6.07) is 5.53. The fourth-order valence-electron chi connectivity index (χ4n) is 2.94. The molecule has 0 spiro atoms. The van der Waals surface area contributed by atoms with E-state index in [0.717, 1.165) is 5.56 Å². The number of amides is 4. The molecule has 4 amide bonds. The summed E-state index contributed by atoms with van der Waals surface area (Å²) >= 11 is 0. The van der Waals surface area contributed by atoms with Gasteiger partial charge in [-0.1, -0.05) is 30.3 Å². The van der Waals surface area contributed by atoms with Gasteiger partial charge in [0.15, 0.2) is 0 Å². The zero-order valence-corrected chi connectivity index (χ0v) is 18.3. The van der Waals surface area contributed by atoms with Crippen LogP contribution in [0, 0.1) is 0 Å². The Morgan fingerprint density at radius 1 is 0.939 bits per heavy atom. The van der Waals surface area contributed by atoms with Crippen LogP contribution in [-0.4, -0.2) is 65.9 Å². The summed E-state index contributed by atoms with van der Waals surface area (Å²) in [7, 11) is 0. The molecule has 3 unspecified atom stereocenters. The molecule has 182 valence electrons. The lowest BCUT2D eigenvalue weighted by molar-refractivity contribution is -0.142. The molecule has 1 rings (SSSR count). The Kier molecular flexibility index (Phi) is 12.1. The zero-order chi connectivity index (χ0) is 24.8. The fraction of sp³-hybridized carbons (Fsp3) is 0.476. The van der Waals surface area contributed by atoms with Gasteiger partial charge in [-0.15, -0.1) is 0 Å². The van der Waals surface area contributed by atoms with Crippen LogP contribution in [0.4, 0.5) is 0 Å². The first-order valence-corrected chi connectivity index (χ1v) is 10.5. The minimum absolute atomic E-state index is 0.186. The van der Waals surface area contributed by atoms with Crippen molar-refractivity contribution in [2.45, 2.75) is 50.2 Å². The predicted molar refractivity (Wildman–Crippen MR) is 119 cm³/mol. The van der Waals surface area contributed by atoms with Gasteiger partial charge in [-0.25, -0.2) is 4.79 Å². The number of unbranched alkanes of at least 4 members (excludes halogenated alkanes) is 1. The number of hydrogen-bond acceptors (Lipinski definition) is 7. The molecule has 0 aromatic heterocycles. The molecule has 3 atom stereocenters. The molecule has 0 fully saturated rings. The zero-order valence-electron chi connectivity index (χ0n) is 18.3. The smallest absolute Gasteiger partial charge is 0.326 e. The predicted octanol–water partition coefficient (Wildman–Crippen LogP) is -2.27. The van der Waals surface area contributed by atoms with Crippen molar-refractivity contribution < 1.29 is 29.1 Å². The number of primary amides is 1. The molecule has 0 aliphatic heterocycles. The van der Waals surface area contributed by atoms with E-state index in [1.807, 2.05) is 6.07 Å². The Labute approximate surface area is 191 Å². The van der Waals surface area contributed by atoms with E-state index in [2.05, 4.69) is 16.0 Å². The first kappa shape index (κ1) is 27.5. The second-order valence-electron chi connectivity index (χ2n) is 7.49. The van der Waals surface area contributed by atoms with Crippen molar-refractivity contribution in [3.63, 3.8) is 0 Å². The number of aliphatic carboxylic acids is 1. The van der Waals surface area contributed by atoms with E-state index in [1.165, 1.54) is 0 Å². The minimum Gasteiger partial charge on any atom is -0.480 e. The van der Waals surface area contributed by atoms with E-state index in [-0.39, 0.29) is 12.8 Å². The number of hydrogen-bond donors (Lipinski definition) is 7. The number of carboxylic acids is 1. The summed E-state index contributed by atoms with van der Waals surface area (Å²) in [6.45, 7) is -0.154. The molecular weight excluding hydrogens is 432 g/mol. The van der Waals surface area contributed by atoms with Gasteiger partial charge in [0.05, 0.1) is 19.0 Å². The maximum Gasteiger partial charge on any atom is 0.326 e. The Morgan fingerprint density at radius 2 is 1.61 bits per heavy atom. The van der Waals surface area contributed by atoms with Crippen LogP contribution in [-0.2, 0) is 30.4 Å². The quantitative estimate of drug-likeness (QED) is 0.140. The van der Waals surface area contributed by atoms with Gasteiger partial charge in [0.25, 0.3) is 0 Å². The van der Waals surface area contributed by atoms with Crippen LogP contribution in [0.2, 0.25) is 0 Å². The van der Waals surface area contributed by atoms with E-state index in [4.69, 9.17) is 17.2 Å². The summed E-state index contributed by atoms with van der Waals surface area (Å²) < 4.78 is 0. The average Bonchev–Trinajstić information content (AvgIpc) is 2.76. The summed E-state index contributed by atoms with van der Waals surface area (Å²) in [5, 5.41) is 16.1. The molecule has 0 aliphatic rings. The van der Waals surface area contributed by atoms with E-state index < -0.39 is 60.7 Å². The van der Waals surface area contributed by atoms with Crippen molar-refractivity contribution in [3.8, 4) is 0 Å². The summed E-state index contributed by atoms with van der Waals surface area (Å²) in [6.07, 6.45) is 1.01. The van der Waals surface area contributed by atoms with Crippen LogP contribution >= 0.6 is 0 Å². The van der Waals surface area contributed by atoms with Crippen LogP contribution in [0.3, 0.4) is 0 Å². The third-order valence-corrected chi connectivity index (χ3v) is 4.68. The molecule has 10 N–H and O–H groups in total. The van der Waals surface area contributed by atoms with Gasteiger partial charge in [0.1, 0.15) is 12.1 Å². The van der Waals surface area contributed by atoms with Crippen molar-refractivity contribution in [3.05, 3.63) is 35.9 Å². The van der Waals surface area contributed by atoms with Crippen molar-refractivity contribution in [1.82, 2.24) is 16.0 Å². The topological polar surface area (TPSA) is 220 Å². The number of carboxylic acid groups (broad SMARTS) is 1. The largest absolute Gasteiger partial charge is 0.480 e. The molecule has 1 aromatic rings. The minimum atomic E-state index is -1.34. The van der Waals surface area contributed by atoms with Crippen molar-refractivity contribution in [2.24, 2.45) is 17.2 Å². The van der Waals surface area contributed by atoms with Crippen LogP contribution in [0.1, 0.15) is 31.2 Å². The molecule has 0 saturated carbocycles. The van der Waals surface area contributed by atoms with Crippen LogP contribution < -0.4 is 33.2 Å². The molecule has 0 radical (unpaired) electrons. The Bertz CT molecular complexity index is 819. The molecule has 0 bridgehead atoms. The van der Waals surface area contributed by atoms with Gasteiger partial charge in [-0.2, -0.15) is 0 Å². The number of rotatable bonds is 15. The van der Waals surface area contributed by atoms with Gasteiger partial charge in [-0.05, 0) is 37.8 Å². The molecular formula is C21H32N6O6. The fourth-order valence-corrected chi connectivity index (χ4v) is 2.94. The molecule has 1 aromatic carbocycles. The van der Waals surface area contributed by atoms with E-state index in [0.29, 0.717) is 19.4 Å². The molecule has 0 saturated heterocycles. The number of nitrogens with one attached hydrogen (secondary N) is 3. The maximum absolute atomic E-state index is 12.4. The highest BCUT2D eigenvalue weighted by Crippen LogP contribution is 2.03. The Morgan fingerprint density at radius 3 is 2.18 bits per heavy atom. The Balaban J connectivity index is 2.63. The van der Waals surface area contributed by atoms with Gasteiger partial charge >= 0.3 is 5.97 Å². The first-order chi connectivity index (χ1) is 15.6. The first-order valence-electron chi connectivity index (χ1n) is 10.5. The maximum atomic E-state index is 12.4. The molecule has 12 nitrogen and oxygen atoms in total. The Hall–Kier alpha value is -3.51. The van der Waals surface area contributed by atoms with Crippen LogP contribution in [0.15, 0.2) is 30.3 Å².